The van der Waals surface area contributed by atoms with Crippen molar-refractivity contribution in [3.05, 3.63) is 30.0 Å². The van der Waals surface area contributed by atoms with Gasteiger partial charge in [0, 0.05) is 31.6 Å². The summed E-state index contributed by atoms with van der Waals surface area (Å²) in [6.45, 7) is 0.863. The lowest BCUT2D eigenvalue weighted by Crippen LogP contribution is -2.30. The molecule has 0 bridgehead atoms. The predicted octanol–water partition coefficient (Wildman–Crippen LogP) is 0.572. The largest absolute Gasteiger partial charge is 0.508 e. The summed E-state index contributed by atoms with van der Waals surface area (Å²) in [6.07, 6.45) is 0. The van der Waals surface area contributed by atoms with Gasteiger partial charge < -0.3 is 20.7 Å². The zero-order chi connectivity index (χ0) is 12.4. The van der Waals surface area contributed by atoms with E-state index in [1.165, 1.54) is 0 Å². The fourth-order valence-electron chi connectivity index (χ4n) is 1.81. The molecule has 2 aromatic rings. The molecule has 4 N–H and O–H groups in total. The standard InChI is InChI=1S/C12H15N3O2/c1-15-10-7-9(16)3-2-8(10)6-11(15)12(17)14-5-4-13/h2-3,6-7,16H,4-5,13H2,1H3,(H,14,17). The van der Waals surface area contributed by atoms with Gasteiger partial charge in [0.25, 0.3) is 5.91 Å². The first-order valence-electron chi connectivity index (χ1n) is 5.40. The zero-order valence-electron chi connectivity index (χ0n) is 9.60. The summed E-state index contributed by atoms with van der Waals surface area (Å²) in [5, 5.41) is 13.1. The van der Waals surface area contributed by atoms with E-state index in [9.17, 15) is 9.90 Å². The van der Waals surface area contributed by atoms with E-state index in [-0.39, 0.29) is 11.7 Å². The van der Waals surface area contributed by atoms with Crippen molar-refractivity contribution in [2.75, 3.05) is 13.1 Å². The van der Waals surface area contributed by atoms with Crippen LogP contribution in [0.25, 0.3) is 10.9 Å². The number of hydrogen-bond acceptors (Lipinski definition) is 3. The lowest BCUT2D eigenvalue weighted by molar-refractivity contribution is 0.0947. The van der Waals surface area contributed by atoms with Crippen molar-refractivity contribution in [1.29, 1.82) is 0 Å². The molecule has 1 heterocycles. The van der Waals surface area contributed by atoms with Crippen LogP contribution < -0.4 is 11.1 Å². The molecule has 0 fully saturated rings. The summed E-state index contributed by atoms with van der Waals surface area (Å²) < 4.78 is 1.75. The molecule has 0 aliphatic heterocycles. The Morgan fingerprint density at radius 2 is 2.24 bits per heavy atom. The maximum absolute atomic E-state index is 11.8. The molecule has 0 spiro atoms. The van der Waals surface area contributed by atoms with Crippen LogP contribution in [0, 0.1) is 0 Å². The van der Waals surface area contributed by atoms with E-state index in [0.29, 0.717) is 18.8 Å². The van der Waals surface area contributed by atoms with Crippen molar-refractivity contribution in [2.45, 2.75) is 0 Å². The van der Waals surface area contributed by atoms with Crippen LogP contribution >= 0.6 is 0 Å². The summed E-state index contributed by atoms with van der Waals surface area (Å²) >= 11 is 0. The summed E-state index contributed by atoms with van der Waals surface area (Å²) in [6, 6.07) is 6.81. The Labute approximate surface area is 98.8 Å². The maximum atomic E-state index is 11.8. The third-order valence-electron chi connectivity index (χ3n) is 2.69. The van der Waals surface area contributed by atoms with E-state index in [4.69, 9.17) is 5.73 Å². The van der Waals surface area contributed by atoms with Gasteiger partial charge in [-0.1, -0.05) is 0 Å². The number of carbonyl (C=O) groups excluding carboxylic acids is 1. The van der Waals surface area contributed by atoms with Gasteiger partial charge in [-0.3, -0.25) is 4.79 Å². The number of benzene rings is 1. The lowest BCUT2D eigenvalue weighted by atomic mass is 10.2. The Kier molecular flexibility index (Phi) is 3.01. The van der Waals surface area contributed by atoms with E-state index in [1.54, 1.807) is 35.9 Å². The molecular weight excluding hydrogens is 218 g/mol. The van der Waals surface area contributed by atoms with Gasteiger partial charge >= 0.3 is 0 Å². The number of nitrogens with zero attached hydrogens (tertiary/aromatic N) is 1. The molecule has 1 amide bonds. The quantitative estimate of drug-likeness (QED) is 0.725. The van der Waals surface area contributed by atoms with Crippen LogP contribution in [0.2, 0.25) is 0 Å². The Bertz CT molecular complexity index is 560. The van der Waals surface area contributed by atoms with Crippen molar-refractivity contribution in [2.24, 2.45) is 12.8 Å². The minimum Gasteiger partial charge on any atom is -0.508 e. The highest BCUT2D eigenvalue weighted by molar-refractivity contribution is 5.98. The average Bonchev–Trinajstić information content (AvgIpc) is 2.64. The van der Waals surface area contributed by atoms with Gasteiger partial charge in [0.05, 0.1) is 5.52 Å². The third-order valence-corrected chi connectivity index (χ3v) is 2.69. The molecule has 90 valence electrons. The SMILES string of the molecule is Cn1c(C(=O)NCCN)cc2ccc(O)cc21. The molecule has 0 aliphatic carbocycles. The second kappa shape index (κ2) is 4.47. The molecule has 5 heteroatoms. The van der Waals surface area contributed by atoms with E-state index in [0.717, 1.165) is 10.9 Å². The topological polar surface area (TPSA) is 80.3 Å². The molecule has 0 unspecified atom stereocenters. The number of nitrogens with one attached hydrogen (secondary N) is 1. The molecular formula is C12H15N3O2. The van der Waals surface area contributed by atoms with Crippen molar-refractivity contribution in [3.63, 3.8) is 0 Å². The number of aromatic hydroxyl groups is 1. The molecule has 1 aromatic carbocycles. The minimum atomic E-state index is -0.159. The molecule has 17 heavy (non-hydrogen) atoms. The number of nitrogens with two attached hydrogens (primary N) is 1. The van der Waals surface area contributed by atoms with E-state index in [1.807, 2.05) is 0 Å². The van der Waals surface area contributed by atoms with Crippen LogP contribution in [-0.2, 0) is 7.05 Å². The normalized spacial score (nSPS) is 10.7. The fourth-order valence-corrected chi connectivity index (χ4v) is 1.81. The number of phenolic OH excluding ortho intramolecular Hbond substituents is 1. The van der Waals surface area contributed by atoms with Gasteiger partial charge in [0.1, 0.15) is 11.4 Å². The first kappa shape index (κ1) is 11.5. The van der Waals surface area contributed by atoms with E-state index >= 15 is 0 Å². The Morgan fingerprint density at radius 1 is 1.47 bits per heavy atom. The van der Waals surface area contributed by atoms with Crippen LogP contribution in [-0.4, -0.2) is 28.7 Å². The molecule has 0 saturated heterocycles. The lowest BCUT2D eigenvalue weighted by Gasteiger charge is -2.05. The Balaban J connectivity index is 2.42. The Morgan fingerprint density at radius 3 is 2.94 bits per heavy atom. The van der Waals surface area contributed by atoms with Gasteiger partial charge in [0.15, 0.2) is 0 Å². The average molecular weight is 233 g/mol. The third kappa shape index (κ3) is 2.09. The molecule has 0 atom stereocenters. The smallest absolute Gasteiger partial charge is 0.267 e. The molecule has 1 aromatic heterocycles. The predicted molar refractivity (Wildman–Crippen MR) is 66.0 cm³/mol. The van der Waals surface area contributed by atoms with Crippen LogP contribution in [0.1, 0.15) is 10.5 Å². The summed E-state index contributed by atoms with van der Waals surface area (Å²) in [5.74, 6) is 0.0289. The van der Waals surface area contributed by atoms with Crippen molar-refractivity contribution in [1.82, 2.24) is 9.88 Å². The highest BCUT2D eigenvalue weighted by atomic mass is 16.3. The molecule has 0 saturated carbocycles. The van der Waals surface area contributed by atoms with Crippen LogP contribution in [0.4, 0.5) is 0 Å². The number of aromatic nitrogens is 1. The maximum Gasteiger partial charge on any atom is 0.267 e. The van der Waals surface area contributed by atoms with Crippen molar-refractivity contribution < 1.29 is 9.90 Å². The van der Waals surface area contributed by atoms with Gasteiger partial charge in [-0.05, 0) is 18.2 Å². The molecule has 0 radical (unpaired) electrons. The first-order chi connectivity index (χ1) is 8.13. The molecule has 0 aliphatic rings. The minimum absolute atomic E-state index is 0.159. The summed E-state index contributed by atoms with van der Waals surface area (Å²) in [5.41, 5.74) is 6.71. The number of amides is 1. The van der Waals surface area contributed by atoms with Gasteiger partial charge in [-0.15, -0.1) is 0 Å². The van der Waals surface area contributed by atoms with Gasteiger partial charge in [-0.25, -0.2) is 0 Å². The fraction of sp³-hybridized carbons (Fsp3) is 0.250. The van der Waals surface area contributed by atoms with Gasteiger partial charge in [-0.2, -0.15) is 0 Å². The molecule has 5 nitrogen and oxygen atoms in total. The van der Waals surface area contributed by atoms with Crippen LogP contribution in [0.5, 0.6) is 5.75 Å². The van der Waals surface area contributed by atoms with E-state index < -0.39 is 0 Å². The monoisotopic (exact) mass is 233 g/mol. The summed E-state index contributed by atoms with van der Waals surface area (Å²) in [4.78, 5) is 11.8. The zero-order valence-corrected chi connectivity index (χ0v) is 9.60. The second-order valence-corrected chi connectivity index (χ2v) is 3.88. The molecule has 2 rings (SSSR count). The number of aryl methyl sites for hydroxylation is 1. The number of hydrogen-bond donors (Lipinski definition) is 3. The number of rotatable bonds is 3. The highest BCUT2D eigenvalue weighted by Gasteiger charge is 2.12. The Hall–Kier alpha value is -2.01. The van der Waals surface area contributed by atoms with Crippen molar-refractivity contribution >= 4 is 16.8 Å². The summed E-state index contributed by atoms with van der Waals surface area (Å²) in [7, 11) is 1.79. The number of fused-ring (bicyclic) bond motifs is 1. The second-order valence-electron chi connectivity index (χ2n) is 3.88. The number of phenols is 1. The van der Waals surface area contributed by atoms with E-state index in [2.05, 4.69) is 5.32 Å². The highest BCUT2D eigenvalue weighted by Crippen LogP contribution is 2.22. The van der Waals surface area contributed by atoms with Crippen LogP contribution in [0.3, 0.4) is 0 Å². The van der Waals surface area contributed by atoms with Crippen LogP contribution in [0.15, 0.2) is 24.3 Å². The van der Waals surface area contributed by atoms with Gasteiger partial charge in [0.2, 0.25) is 0 Å². The number of carbonyl (C=O) groups is 1. The van der Waals surface area contributed by atoms with Crippen molar-refractivity contribution in [3.8, 4) is 5.75 Å². The first-order valence-corrected chi connectivity index (χ1v) is 5.40.